The molecule has 0 aliphatic heterocycles. The quantitative estimate of drug-likeness (QED) is 0.844. The lowest BCUT2D eigenvalue weighted by molar-refractivity contribution is 0.559. The van der Waals surface area contributed by atoms with Gasteiger partial charge in [-0.05, 0) is 37.1 Å². The molecule has 2 aromatic rings. The summed E-state index contributed by atoms with van der Waals surface area (Å²) < 4.78 is 13.4. The first-order chi connectivity index (χ1) is 8.77. The summed E-state index contributed by atoms with van der Waals surface area (Å²) in [4.78, 5) is 0. The Balaban J connectivity index is 1.84. The van der Waals surface area contributed by atoms with Crippen molar-refractivity contribution in [2.45, 2.75) is 19.4 Å². The summed E-state index contributed by atoms with van der Waals surface area (Å²) in [5.74, 6) is -0.119. The van der Waals surface area contributed by atoms with Crippen LogP contribution < -0.4 is 5.32 Å². The number of hydrogen-bond donors (Lipinski definition) is 1. The van der Waals surface area contributed by atoms with E-state index in [1.807, 2.05) is 30.3 Å². The second-order valence-corrected chi connectivity index (χ2v) is 4.43. The first-order valence-electron chi connectivity index (χ1n) is 6.29. The molecule has 0 saturated carbocycles. The van der Waals surface area contributed by atoms with Crippen LogP contribution in [0.3, 0.4) is 0 Å². The van der Waals surface area contributed by atoms with Crippen molar-refractivity contribution in [2.75, 3.05) is 6.54 Å². The molecular weight excluding hydrogens is 225 g/mol. The van der Waals surface area contributed by atoms with Gasteiger partial charge in [0.1, 0.15) is 5.82 Å². The van der Waals surface area contributed by atoms with Crippen molar-refractivity contribution in [3.05, 3.63) is 71.5 Å². The Kier molecular flexibility index (Phi) is 4.48. The van der Waals surface area contributed by atoms with Crippen LogP contribution in [0.2, 0.25) is 0 Å². The van der Waals surface area contributed by atoms with Crippen molar-refractivity contribution in [3.63, 3.8) is 0 Å². The van der Waals surface area contributed by atoms with E-state index in [1.54, 1.807) is 6.07 Å². The highest BCUT2D eigenvalue weighted by atomic mass is 19.1. The van der Waals surface area contributed by atoms with E-state index in [-0.39, 0.29) is 11.9 Å². The Labute approximate surface area is 108 Å². The first kappa shape index (κ1) is 12.8. The van der Waals surface area contributed by atoms with E-state index in [0.717, 1.165) is 12.1 Å². The smallest absolute Gasteiger partial charge is 0.126 e. The monoisotopic (exact) mass is 243 g/mol. The molecule has 0 amide bonds. The molecule has 0 radical (unpaired) electrons. The highest BCUT2D eigenvalue weighted by Crippen LogP contribution is 2.11. The molecule has 0 aliphatic rings. The predicted molar refractivity (Wildman–Crippen MR) is 73.0 cm³/mol. The van der Waals surface area contributed by atoms with Crippen molar-refractivity contribution in [2.24, 2.45) is 0 Å². The molecule has 18 heavy (non-hydrogen) atoms. The van der Waals surface area contributed by atoms with Crippen molar-refractivity contribution < 1.29 is 4.39 Å². The Morgan fingerprint density at radius 3 is 2.39 bits per heavy atom. The number of halogens is 1. The summed E-state index contributed by atoms with van der Waals surface area (Å²) in [6.07, 6.45) is 0.712. The molecule has 1 nitrogen and oxygen atoms in total. The second-order valence-electron chi connectivity index (χ2n) is 4.43. The third-order valence-electron chi connectivity index (χ3n) is 3.10. The van der Waals surface area contributed by atoms with Crippen LogP contribution >= 0.6 is 0 Å². The van der Waals surface area contributed by atoms with Crippen molar-refractivity contribution >= 4 is 0 Å². The van der Waals surface area contributed by atoms with Gasteiger partial charge in [0.15, 0.2) is 0 Å². The fourth-order valence-corrected chi connectivity index (χ4v) is 1.98. The second kappa shape index (κ2) is 6.31. The van der Waals surface area contributed by atoms with Gasteiger partial charge in [-0.15, -0.1) is 0 Å². The van der Waals surface area contributed by atoms with Crippen LogP contribution in [0.4, 0.5) is 4.39 Å². The van der Waals surface area contributed by atoms with E-state index in [0.29, 0.717) is 6.42 Å². The van der Waals surface area contributed by atoms with E-state index in [9.17, 15) is 4.39 Å². The van der Waals surface area contributed by atoms with Gasteiger partial charge in [0.25, 0.3) is 0 Å². The van der Waals surface area contributed by atoms with Crippen molar-refractivity contribution in [1.82, 2.24) is 5.32 Å². The molecule has 0 aliphatic carbocycles. The fraction of sp³-hybridized carbons (Fsp3) is 0.250. The van der Waals surface area contributed by atoms with Crippen LogP contribution in [-0.2, 0) is 6.42 Å². The van der Waals surface area contributed by atoms with Gasteiger partial charge >= 0.3 is 0 Å². The number of rotatable bonds is 5. The van der Waals surface area contributed by atoms with Gasteiger partial charge in [0.2, 0.25) is 0 Å². The maximum atomic E-state index is 13.4. The van der Waals surface area contributed by atoms with Crippen LogP contribution in [0.5, 0.6) is 0 Å². The molecule has 0 bridgehead atoms. The Morgan fingerprint density at radius 1 is 1.00 bits per heavy atom. The normalized spacial score (nSPS) is 12.3. The van der Waals surface area contributed by atoms with Crippen molar-refractivity contribution in [1.29, 1.82) is 0 Å². The molecule has 0 saturated heterocycles. The summed E-state index contributed by atoms with van der Waals surface area (Å²) in [6.45, 7) is 2.90. The lowest BCUT2D eigenvalue weighted by Gasteiger charge is -2.14. The maximum absolute atomic E-state index is 13.4. The van der Waals surface area contributed by atoms with E-state index >= 15 is 0 Å². The molecular formula is C16H18FN. The fourth-order valence-electron chi connectivity index (χ4n) is 1.98. The summed E-state index contributed by atoms with van der Waals surface area (Å²) in [7, 11) is 0. The maximum Gasteiger partial charge on any atom is 0.126 e. The van der Waals surface area contributed by atoms with Gasteiger partial charge in [-0.3, -0.25) is 0 Å². The summed E-state index contributed by atoms with van der Waals surface area (Å²) in [5.41, 5.74) is 2.02. The predicted octanol–water partition coefficient (Wildman–Crippen LogP) is 3.72. The van der Waals surface area contributed by atoms with Gasteiger partial charge in [0.05, 0.1) is 0 Å². The lowest BCUT2D eigenvalue weighted by Crippen LogP contribution is -2.21. The van der Waals surface area contributed by atoms with E-state index < -0.39 is 0 Å². The van der Waals surface area contributed by atoms with Crippen LogP contribution in [0.15, 0.2) is 54.6 Å². The molecule has 0 spiro atoms. The minimum atomic E-state index is -0.119. The molecule has 1 N–H and O–H groups in total. The minimum Gasteiger partial charge on any atom is -0.310 e. The zero-order chi connectivity index (χ0) is 12.8. The molecule has 0 aromatic heterocycles. The van der Waals surface area contributed by atoms with Crippen LogP contribution in [0.1, 0.15) is 24.1 Å². The average molecular weight is 243 g/mol. The Morgan fingerprint density at radius 2 is 1.67 bits per heavy atom. The third-order valence-corrected chi connectivity index (χ3v) is 3.10. The Bertz CT molecular complexity index is 481. The SMILES string of the molecule is CC(NCCc1ccccc1F)c1ccccc1. The summed E-state index contributed by atoms with van der Waals surface area (Å²) >= 11 is 0. The molecule has 0 heterocycles. The Hall–Kier alpha value is -1.67. The van der Waals surface area contributed by atoms with E-state index in [1.165, 1.54) is 11.6 Å². The van der Waals surface area contributed by atoms with E-state index in [2.05, 4.69) is 24.4 Å². The minimum absolute atomic E-state index is 0.119. The zero-order valence-corrected chi connectivity index (χ0v) is 10.6. The van der Waals surface area contributed by atoms with Crippen LogP contribution in [-0.4, -0.2) is 6.54 Å². The van der Waals surface area contributed by atoms with Gasteiger partial charge in [-0.25, -0.2) is 4.39 Å². The van der Waals surface area contributed by atoms with Crippen LogP contribution in [0, 0.1) is 5.82 Å². The largest absolute Gasteiger partial charge is 0.310 e. The first-order valence-corrected chi connectivity index (χ1v) is 6.29. The number of nitrogens with one attached hydrogen (secondary N) is 1. The average Bonchev–Trinajstić information content (AvgIpc) is 2.42. The van der Waals surface area contributed by atoms with Gasteiger partial charge in [-0.1, -0.05) is 48.5 Å². The molecule has 2 rings (SSSR count). The lowest BCUT2D eigenvalue weighted by atomic mass is 10.1. The summed E-state index contributed by atoms with van der Waals surface area (Å²) in [5, 5.41) is 3.41. The van der Waals surface area contributed by atoms with Gasteiger partial charge < -0.3 is 5.32 Å². The zero-order valence-electron chi connectivity index (χ0n) is 10.6. The highest BCUT2D eigenvalue weighted by Gasteiger charge is 2.04. The highest BCUT2D eigenvalue weighted by molar-refractivity contribution is 5.19. The molecule has 2 heteroatoms. The van der Waals surface area contributed by atoms with Gasteiger partial charge in [0, 0.05) is 6.04 Å². The number of hydrogen-bond acceptors (Lipinski definition) is 1. The standard InChI is InChI=1S/C16H18FN/c1-13(14-7-3-2-4-8-14)18-12-11-15-9-5-6-10-16(15)17/h2-10,13,18H,11-12H2,1H3. The molecule has 0 fully saturated rings. The molecule has 2 aromatic carbocycles. The van der Waals surface area contributed by atoms with Crippen LogP contribution in [0.25, 0.3) is 0 Å². The topological polar surface area (TPSA) is 12.0 Å². The molecule has 94 valence electrons. The van der Waals surface area contributed by atoms with Gasteiger partial charge in [-0.2, -0.15) is 0 Å². The third kappa shape index (κ3) is 3.41. The van der Waals surface area contributed by atoms with Crippen molar-refractivity contribution in [3.8, 4) is 0 Å². The number of benzene rings is 2. The molecule has 1 atom stereocenters. The molecule has 1 unspecified atom stereocenters. The summed E-state index contributed by atoms with van der Waals surface area (Å²) in [6, 6.07) is 17.5. The van der Waals surface area contributed by atoms with E-state index in [4.69, 9.17) is 0 Å².